The Hall–Kier alpha value is -0.220. The minimum absolute atomic E-state index is 0.114. The van der Waals surface area contributed by atoms with Crippen molar-refractivity contribution < 1.29 is 16.8 Å². The van der Waals surface area contributed by atoms with Crippen LogP contribution in [0.3, 0.4) is 0 Å². The average Bonchev–Trinajstić information content (AvgIpc) is 2.37. The van der Waals surface area contributed by atoms with Gasteiger partial charge in [-0.25, -0.2) is 16.8 Å². The molecule has 0 bridgehead atoms. The highest BCUT2D eigenvalue weighted by molar-refractivity contribution is 7.89. The van der Waals surface area contributed by atoms with Crippen LogP contribution in [0.2, 0.25) is 0 Å². The number of hydrogen-bond donors (Lipinski definition) is 1. The van der Waals surface area contributed by atoms with Crippen LogP contribution >= 0.6 is 0 Å². The number of nitrogens with zero attached hydrogens (tertiary/aromatic N) is 2. The first-order valence-corrected chi connectivity index (χ1v) is 10.4. The topological polar surface area (TPSA) is 86.8 Å². The molecular formula is C11H25N3O4S2. The summed E-state index contributed by atoms with van der Waals surface area (Å²) in [6, 6.07) is 0. The van der Waals surface area contributed by atoms with E-state index in [4.69, 9.17) is 0 Å². The van der Waals surface area contributed by atoms with Crippen LogP contribution in [0.1, 0.15) is 19.8 Å². The SMILES string of the molecule is CCCNCCCS(=O)(=O)N1CCN(S(C)(=O)=O)CC1. The van der Waals surface area contributed by atoms with E-state index in [0.29, 0.717) is 13.0 Å². The van der Waals surface area contributed by atoms with Crippen LogP contribution in [0.25, 0.3) is 0 Å². The monoisotopic (exact) mass is 327 g/mol. The minimum Gasteiger partial charge on any atom is -0.317 e. The highest BCUT2D eigenvalue weighted by Gasteiger charge is 2.29. The first kappa shape index (κ1) is 17.8. The van der Waals surface area contributed by atoms with E-state index in [0.717, 1.165) is 19.2 Å². The van der Waals surface area contributed by atoms with Gasteiger partial charge in [-0.05, 0) is 25.9 Å². The first-order valence-electron chi connectivity index (χ1n) is 6.91. The molecule has 1 aliphatic rings. The molecule has 1 heterocycles. The Morgan fingerprint density at radius 3 is 2.00 bits per heavy atom. The van der Waals surface area contributed by atoms with Crippen LogP contribution in [0.5, 0.6) is 0 Å². The molecule has 9 heteroatoms. The summed E-state index contributed by atoms with van der Waals surface area (Å²) < 4.78 is 49.7. The third-order valence-corrected chi connectivity index (χ3v) is 6.50. The van der Waals surface area contributed by atoms with E-state index in [-0.39, 0.29) is 31.9 Å². The summed E-state index contributed by atoms with van der Waals surface area (Å²) in [5, 5.41) is 3.17. The molecule has 0 atom stereocenters. The fraction of sp³-hybridized carbons (Fsp3) is 1.00. The van der Waals surface area contributed by atoms with Gasteiger partial charge in [0.1, 0.15) is 0 Å². The Balaban J connectivity index is 2.39. The molecule has 0 radical (unpaired) electrons. The van der Waals surface area contributed by atoms with Crippen molar-refractivity contribution in [1.82, 2.24) is 13.9 Å². The van der Waals surface area contributed by atoms with Crippen LogP contribution in [0, 0.1) is 0 Å². The van der Waals surface area contributed by atoms with Gasteiger partial charge in [-0.2, -0.15) is 8.61 Å². The third kappa shape index (κ3) is 5.65. The van der Waals surface area contributed by atoms with Crippen molar-refractivity contribution in [2.24, 2.45) is 0 Å². The second kappa shape index (κ2) is 7.69. The Morgan fingerprint density at radius 2 is 1.50 bits per heavy atom. The van der Waals surface area contributed by atoms with E-state index in [1.54, 1.807) is 0 Å². The smallest absolute Gasteiger partial charge is 0.214 e. The summed E-state index contributed by atoms with van der Waals surface area (Å²) in [4.78, 5) is 0. The summed E-state index contributed by atoms with van der Waals surface area (Å²) in [7, 11) is -6.49. The van der Waals surface area contributed by atoms with Crippen molar-refractivity contribution >= 4 is 20.0 Å². The van der Waals surface area contributed by atoms with E-state index in [1.807, 2.05) is 0 Å². The summed E-state index contributed by atoms with van der Waals surface area (Å²) in [5.41, 5.74) is 0. The Morgan fingerprint density at radius 1 is 0.950 bits per heavy atom. The molecule has 0 aromatic carbocycles. The van der Waals surface area contributed by atoms with Crippen LogP contribution in [0.4, 0.5) is 0 Å². The zero-order valence-corrected chi connectivity index (χ0v) is 13.8. The lowest BCUT2D eigenvalue weighted by atomic mass is 10.4. The Bertz CT molecular complexity index is 482. The number of piperazine rings is 1. The molecule has 7 nitrogen and oxygen atoms in total. The molecule has 120 valence electrons. The predicted octanol–water partition coefficient (Wildman–Crippen LogP) is -0.717. The molecule has 1 rings (SSSR count). The molecule has 0 amide bonds. The summed E-state index contributed by atoms with van der Waals surface area (Å²) in [5.74, 6) is 0.114. The highest BCUT2D eigenvalue weighted by atomic mass is 32.2. The third-order valence-electron chi connectivity index (χ3n) is 3.24. The molecule has 0 spiro atoms. The zero-order valence-electron chi connectivity index (χ0n) is 12.2. The maximum atomic E-state index is 12.1. The van der Waals surface area contributed by atoms with E-state index >= 15 is 0 Å². The van der Waals surface area contributed by atoms with Gasteiger partial charge in [-0.3, -0.25) is 0 Å². The van der Waals surface area contributed by atoms with E-state index < -0.39 is 20.0 Å². The first-order chi connectivity index (χ1) is 9.27. The fourth-order valence-electron chi connectivity index (χ4n) is 2.09. The van der Waals surface area contributed by atoms with E-state index in [1.165, 1.54) is 8.61 Å². The van der Waals surface area contributed by atoms with Crippen LogP contribution in [-0.4, -0.2) is 76.7 Å². The number of hydrogen-bond acceptors (Lipinski definition) is 5. The normalized spacial score (nSPS) is 19.3. The van der Waals surface area contributed by atoms with Gasteiger partial charge in [0, 0.05) is 26.2 Å². The zero-order chi connectivity index (χ0) is 15.2. The second-order valence-electron chi connectivity index (χ2n) is 4.98. The van der Waals surface area contributed by atoms with Gasteiger partial charge in [0.05, 0.1) is 12.0 Å². The summed E-state index contributed by atoms with van der Waals surface area (Å²) in [6.45, 7) is 4.63. The van der Waals surface area contributed by atoms with Crippen molar-refractivity contribution in [2.75, 3.05) is 51.3 Å². The maximum Gasteiger partial charge on any atom is 0.214 e. The summed E-state index contributed by atoms with van der Waals surface area (Å²) >= 11 is 0. The molecule has 1 N–H and O–H groups in total. The van der Waals surface area contributed by atoms with Gasteiger partial charge in [0.2, 0.25) is 20.0 Å². The van der Waals surface area contributed by atoms with Crippen molar-refractivity contribution in [1.29, 1.82) is 0 Å². The van der Waals surface area contributed by atoms with Gasteiger partial charge in [-0.15, -0.1) is 0 Å². The Labute approximate surface area is 122 Å². The molecule has 1 saturated heterocycles. The van der Waals surface area contributed by atoms with Gasteiger partial charge in [0.15, 0.2) is 0 Å². The number of sulfonamides is 2. The van der Waals surface area contributed by atoms with Gasteiger partial charge >= 0.3 is 0 Å². The van der Waals surface area contributed by atoms with Gasteiger partial charge in [0.25, 0.3) is 0 Å². The lowest BCUT2D eigenvalue weighted by Crippen LogP contribution is -2.50. The maximum absolute atomic E-state index is 12.1. The van der Waals surface area contributed by atoms with E-state index in [2.05, 4.69) is 12.2 Å². The van der Waals surface area contributed by atoms with Crippen molar-refractivity contribution in [2.45, 2.75) is 19.8 Å². The average molecular weight is 327 g/mol. The van der Waals surface area contributed by atoms with Crippen molar-refractivity contribution in [3.05, 3.63) is 0 Å². The van der Waals surface area contributed by atoms with Crippen LogP contribution in [0.15, 0.2) is 0 Å². The second-order valence-corrected chi connectivity index (χ2v) is 9.05. The molecule has 1 fully saturated rings. The standard InChI is InChI=1S/C11H25N3O4S2/c1-3-5-12-6-4-11-20(17,18)14-9-7-13(8-10-14)19(2,15)16/h12H,3-11H2,1-2H3. The quantitative estimate of drug-likeness (QED) is 0.595. The molecule has 0 aliphatic carbocycles. The van der Waals surface area contributed by atoms with Crippen LogP contribution in [-0.2, 0) is 20.0 Å². The number of rotatable bonds is 8. The lowest BCUT2D eigenvalue weighted by molar-refractivity contribution is 0.274. The largest absolute Gasteiger partial charge is 0.317 e. The van der Waals surface area contributed by atoms with Crippen molar-refractivity contribution in [3.63, 3.8) is 0 Å². The number of nitrogens with one attached hydrogen (secondary N) is 1. The predicted molar refractivity (Wildman–Crippen MR) is 79.6 cm³/mol. The minimum atomic E-state index is -3.27. The summed E-state index contributed by atoms with van der Waals surface area (Å²) in [6.07, 6.45) is 2.76. The molecular weight excluding hydrogens is 302 g/mol. The van der Waals surface area contributed by atoms with Gasteiger partial charge < -0.3 is 5.32 Å². The molecule has 0 aromatic rings. The Kier molecular flexibility index (Phi) is 6.86. The molecule has 0 aromatic heterocycles. The fourth-order valence-corrected chi connectivity index (χ4v) is 4.40. The van der Waals surface area contributed by atoms with Crippen LogP contribution < -0.4 is 5.32 Å². The van der Waals surface area contributed by atoms with Crippen molar-refractivity contribution in [3.8, 4) is 0 Å². The van der Waals surface area contributed by atoms with E-state index in [9.17, 15) is 16.8 Å². The lowest BCUT2D eigenvalue weighted by Gasteiger charge is -2.32. The molecule has 1 aliphatic heterocycles. The van der Waals surface area contributed by atoms with Gasteiger partial charge in [-0.1, -0.05) is 6.92 Å². The highest BCUT2D eigenvalue weighted by Crippen LogP contribution is 2.11. The molecule has 20 heavy (non-hydrogen) atoms. The molecule has 0 unspecified atom stereocenters. The molecule has 0 saturated carbocycles.